The number of carboxylic acids is 2. The molecule has 3 aromatic rings. The van der Waals surface area contributed by atoms with Crippen LogP contribution in [-0.4, -0.2) is 33.7 Å². The standard InChI is InChI=1S/C32H30O6/c1-20-16-22(3)29(17-21(20)2)32(25-8-4-23(5-9-25)18-27(33)12-14-30(35)36)26-10-6-24(7-11-26)19-28(34)13-15-31(37)38/h4-17,32H,18-19H2,1-3H3,(H,35,36)(H,37,38)/b14-12+,15-13+. The van der Waals surface area contributed by atoms with Crippen LogP contribution in [0.5, 0.6) is 0 Å². The smallest absolute Gasteiger partial charge is 0.328 e. The topological polar surface area (TPSA) is 109 Å². The number of hydrogen-bond acceptors (Lipinski definition) is 4. The number of carboxylic acid groups (broad SMARTS) is 2. The molecule has 0 saturated carbocycles. The van der Waals surface area contributed by atoms with E-state index in [4.69, 9.17) is 10.2 Å². The fourth-order valence-electron chi connectivity index (χ4n) is 4.35. The van der Waals surface area contributed by atoms with Crippen LogP contribution in [0.3, 0.4) is 0 Å². The van der Waals surface area contributed by atoms with E-state index in [0.717, 1.165) is 57.7 Å². The van der Waals surface area contributed by atoms with Crippen molar-refractivity contribution in [3.63, 3.8) is 0 Å². The summed E-state index contributed by atoms with van der Waals surface area (Å²) >= 11 is 0. The van der Waals surface area contributed by atoms with E-state index in [-0.39, 0.29) is 30.3 Å². The van der Waals surface area contributed by atoms with Gasteiger partial charge >= 0.3 is 11.9 Å². The predicted molar refractivity (Wildman–Crippen MR) is 145 cm³/mol. The number of rotatable bonds is 11. The Labute approximate surface area is 222 Å². The summed E-state index contributed by atoms with van der Waals surface area (Å²) in [5.41, 5.74) is 8.31. The molecule has 0 amide bonds. The van der Waals surface area contributed by atoms with Crippen molar-refractivity contribution in [1.29, 1.82) is 0 Å². The van der Waals surface area contributed by atoms with E-state index in [9.17, 15) is 19.2 Å². The van der Waals surface area contributed by atoms with Crippen molar-refractivity contribution in [1.82, 2.24) is 0 Å². The number of hydrogen-bond donors (Lipinski definition) is 2. The number of benzene rings is 3. The normalized spacial score (nSPS) is 11.4. The molecule has 6 heteroatoms. The number of aryl methyl sites for hydroxylation is 3. The maximum atomic E-state index is 12.1. The van der Waals surface area contributed by atoms with Gasteiger partial charge in [0.25, 0.3) is 0 Å². The Morgan fingerprint density at radius 1 is 0.605 bits per heavy atom. The lowest BCUT2D eigenvalue weighted by molar-refractivity contribution is -0.132. The van der Waals surface area contributed by atoms with Gasteiger partial charge in [-0.05, 0) is 77.4 Å². The Hall–Kier alpha value is -4.58. The van der Waals surface area contributed by atoms with Crippen LogP contribution in [0.25, 0.3) is 0 Å². The van der Waals surface area contributed by atoms with E-state index < -0.39 is 11.9 Å². The van der Waals surface area contributed by atoms with Crippen LogP contribution >= 0.6 is 0 Å². The average molecular weight is 511 g/mol. The van der Waals surface area contributed by atoms with Crippen LogP contribution in [0.2, 0.25) is 0 Å². The first-order chi connectivity index (χ1) is 18.0. The first kappa shape index (κ1) is 28.0. The molecular weight excluding hydrogens is 480 g/mol. The second kappa shape index (κ2) is 12.6. The van der Waals surface area contributed by atoms with Gasteiger partial charge in [-0.25, -0.2) is 9.59 Å². The summed E-state index contributed by atoms with van der Waals surface area (Å²) in [6.45, 7) is 6.24. The molecule has 3 aromatic carbocycles. The van der Waals surface area contributed by atoms with Gasteiger partial charge in [-0.1, -0.05) is 60.7 Å². The lowest BCUT2D eigenvalue weighted by atomic mass is 9.81. The Morgan fingerprint density at radius 3 is 1.39 bits per heavy atom. The second-order valence-electron chi connectivity index (χ2n) is 9.34. The zero-order chi connectivity index (χ0) is 27.8. The van der Waals surface area contributed by atoms with Gasteiger partial charge in [0.05, 0.1) is 0 Å². The number of carbonyl (C=O) groups excluding carboxylic acids is 2. The zero-order valence-electron chi connectivity index (χ0n) is 21.6. The van der Waals surface area contributed by atoms with E-state index in [1.165, 1.54) is 11.1 Å². The number of allylic oxidation sites excluding steroid dienone is 2. The largest absolute Gasteiger partial charge is 0.478 e. The Morgan fingerprint density at radius 2 is 1.00 bits per heavy atom. The van der Waals surface area contributed by atoms with E-state index in [1.54, 1.807) is 0 Å². The molecule has 3 rings (SSSR count). The van der Waals surface area contributed by atoms with Gasteiger partial charge in [-0.15, -0.1) is 0 Å². The fourth-order valence-corrected chi connectivity index (χ4v) is 4.35. The lowest BCUT2D eigenvalue weighted by Crippen LogP contribution is -2.08. The van der Waals surface area contributed by atoms with Crippen molar-refractivity contribution in [3.05, 3.63) is 129 Å². The van der Waals surface area contributed by atoms with Gasteiger partial charge in [0.1, 0.15) is 0 Å². The van der Waals surface area contributed by atoms with Gasteiger partial charge in [-0.2, -0.15) is 0 Å². The number of aliphatic carboxylic acids is 2. The molecule has 0 heterocycles. The maximum absolute atomic E-state index is 12.1. The Bertz CT molecular complexity index is 1330. The molecule has 0 unspecified atom stereocenters. The third kappa shape index (κ3) is 7.71. The highest BCUT2D eigenvalue weighted by Gasteiger charge is 2.20. The van der Waals surface area contributed by atoms with Gasteiger partial charge in [0.2, 0.25) is 0 Å². The molecule has 0 bridgehead atoms. The zero-order valence-corrected chi connectivity index (χ0v) is 21.6. The van der Waals surface area contributed by atoms with Gasteiger partial charge in [0, 0.05) is 30.9 Å². The molecule has 194 valence electrons. The molecule has 38 heavy (non-hydrogen) atoms. The summed E-state index contributed by atoms with van der Waals surface area (Å²) in [5, 5.41) is 17.5. The van der Waals surface area contributed by atoms with Gasteiger partial charge < -0.3 is 10.2 Å². The van der Waals surface area contributed by atoms with Crippen molar-refractivity contribution >= 4 is 23.5 Å². The average Bonchev–Trinajstić information content (AvgIpc) is 2.86. The van der Waals surface area contributed by atoms with E-state index in [0.29, 0.717) is 0 Å². The van der Waals surface area contributed by atoms with Crippen LogP contribution < -0.4 is 0 Å². The van der Waals surface area contributed by atoms with Gasteiger partial charge in [-0.3, -0.25) is 9.59 Å². The van der Waals surface area contributed by atoms with Crippen molar-refractivity contribution in [2.75, 3.05) is 0 Å². The molecule has 0 radical (unpaired) electrons. The Kier molecular flexibility index (Phi) is 9.28. The third-order valence-corrected chi connectivity index (χ3v) is 6.40. The molecule has 2 N–H and O–H groups in total. The SMILES string of the molecule is Cc1cc(C)c(C(c2ccc(CC(=O)/C=C/C(=O)O)cc2)c2ccc(CC(=O)/C=C/C(=O)O)cc2)cc1C. The minimum atomic E-state index is -1.16. The predicted octanol–water partition coefficient (Wildman–Crippen LogP) is 5.30. The summed E-state index contributed by atoms with van der Waals surface area (Å²) in [5.74, 6) is -2.99. The van der Waals surface area contributed by atoms with E-state index in [2.05, 4.69) is 32.9 Å². The van der Waals surface area contributed by atoms with Crippen LogP contribution in [0.15, 0.2) is 85.0 Å². The summed E-state index contributed by atoms with van der Waals surface area (Å²) in [7, 11) is 0. The highest BCUT2D eigenvalue weighted by Crippen LogP contribution is 2.35. The quantitative estimate of drug-likeness (QED) is 0.268. The number of carbonyl (C=O) groups is 4. The monoisotopic (exact) mass is 510 g/mol. The second-order valence-corrected chi connectivity index (χ2v) is 9.34. The first-order valence-corrected chi connectivity index (χ1v) is 12.2. The molecule has 0 fully saturated rings. The molecule has 0 aromatic heterocycles. The number of ketones is 2. The highest BCUT2D eigenvalue weighted by molar-refractivity contribution is 5.97. The third-order valence-electron chi connectivity index (χ3n) is 6.40. The molecule has 0 aliphatic heterocycles. The summed E-state index contributed by atoms with van der Waals surface area (Å²) in [4.78, 5) is 45.5. The molecule has 6 nitrogen and oxygen atoms in total. The summed E-state index contributed by atoms with van der Waals surface area (Å²) in [6.07, 6.45) is 4.04. The molecule has 0 saturated heterocycles. The maximum Gasteiger partial charge on any atom is 0.328 e. The van der Waals surface area contributed by atoms with E-state index in [1.807, 2.05) is 48.5 Å². The van der Waals surface area contributed by atoms with Crippen LogP contribution in [0.4, 0.5) is 0 Å². The highest BCUT2D eigenvalue weighted by atomic mass is 16.4. The minimum absolute atomic E-state index is 0.0948. The summed E-state index contributed by atoms with van der Waals surface area (Å²) < 4.78 is 0. The summed E-state index contributed by atoms with van der Waals surface area (Å²) in [6, 6.07) is 19.8. The van der Waals surface area contributed by atoms with Crippen molar-refractivity contribution in [2.24, 2.45) is 0 Å². The minimum Gasteiger partial charge on any atom is -0.478 e. The molecule has 0 spiro atoms. The van der Waals surface area contributed by atoms with Crippen LogP contribution in [-0.2, 0) is 32.0 Å². The van der Waals surface area contributed by atoms with Crippen molar-refractivity contribution in [3.8, 4) is 0 Å². The van der Waals surface area contributed by atoms with Crippen molar-refractivity contribution < 1.29 is 29.4 Å². The first-order valence-electron chi connectivity index (χ1n) is 12.2. The van der Waals surface area contributed by atoms with Crippen LogP contribution in [0, 0.1) is 20.8 Å². The molecule has 0 aliphatic rings. The molecule has 0 atom stereocenters. The van der Waals surface area contributed by atoms with Crippen molar-refractivity contribution in [2.45, 2.75) is 39.5 Å². The fraction of sp³-hybridized carbons (Fsp3) is 0.188. The lowest BCUT2D eigenvalue weighted by Gasteiger charge is -2.23. The van der Waals surface area contributed by atoms with Crippen LogP contribution in [0.1, 0.15) is 50.4 Å². The van der Waals surface area contributed by atoms with E-state index >= 15 is 0 Å². The molecule has 0 aliphatic carbocycles. The molecular formula is C32H30O6. The van der Waals surface area contributed by atoms with Gasteiger partial charge in [0.15, 0.2) is 11.6 Å². The Balaban J connectivity index is 1.95.